The second-order valence-electron chi connectivity index (χ2n) is 4.60. The Morgan fingerprint density at radius 2 is 1.65 bits per heavy atom. The summed E-state index contributed by atoms with van der Waals surface area (Å²) in [6.45, 7) is 0. The number of ether oxygens (including phenoxy) is 1. The molecule has 1 aromatic heterocycles. The van der Waals surface area contributed by atoms with E-state index < -0.39 is 5.97 Å². The van der Waals surface area contributed by atoms with Gasteiger partial charge in [0, 0.05) is 17.8 Å². The first-order valence-corrected chi connectivity index (χ1v) is 6.24. The van der Waals surface area contributed by atoms with Crippen LogP contribution in [0.1, 0.15) is 10.4 Å². The van der Waals surface area contributed by atoms with Crippen molar-refractivity contribution < 1.29 is 9.53 Å². The summed E-state index contributed by atoms with van der Waals surface area (Å²) in [5.41, 5.74) is 0.878. The molecule has 0 N–H and O–H groups in total. The quantitative estimate of drug-likeness (QED) is 0.502. The van der Waals surface area contributed by atoms with Crippen molar-refractivity contribution >= 4 is 27.6 Å². The van der Waals surface area contributed by atoms with Gasteiger partial charge in [0.2, 0.25) is 0 Å². The van der Waals surface area contributed by atoms with Gasteiger partial charge in [-0.1, -0.05) is 30.3 Å². The van der Waals surface area contributed by atoms with Crippen molar-refractivity contribution in [1.82, 2.24) is 4.57 Å². The van der Waals surface area contributed by atoms with E-state index in [1.54, 1.807) is 25.2 Å². The third-order valence-electron chi connectivity index (χ3n) is 3.53. The van der Waals surface area contributed by atoms with Gasteiger partial charge in [-0.05, 0) is 17.5 Å². The monoisotopic (exact) mass is 267 g/mol. The molecule has 3 aromatic rings. The molecule has 0 aliphatic carbocycles. The lowest BCUT2D eigenvalue weighted by atomic mass is 10.0. The molecule has 4 nitrogen and oxygen atoms in total. The molecular weight excluding hydrogens is 254 g/mol. The lowest BCUT2D eigenvalue weighted by Gasteiger charge is -2.12. The Hall–Kier alpha value is -2.62. The van der Waals surface area contributed by atoms with Gasteiger partial charge in [-0.15, -0.1) is 0 Å². The minimum atomic E-state index is -0.444. The van der Waals surface area contributed by atoms with Crippen molar-refractivity contribution in [2.24, 2.45) is 7.05 Å². The highest BCUT2D eigenvalue weighted by Crippen LogP contribution is 2.25. The van der Waals surface area contributed by atoms with Crippen LogP contribution < -0.4 is 5.56 Å². The summed E-state index contributed by atoms with van der Waals surface area (Å²) in [4.78, 5) is 24.3. The summed E-state index contributed by atoms with van der Waals surface area (Å²) in [6.07, 6.45) is 0. The normalized spacial score (nSPS) is 10.9. The van der Waals surface area contributed by atoms with Crippen molar-refractivity contribution in [2.45, 2.75) is 0 Å². The maximum Gasteiger partial charge on any atom is 0.340 e. The van der Waals surface area contributed by atoms with E-state index in [0.717, 1.165) is 10.8 Å². The summed E-state index contributed by atoms with van der Waals surface area (Å²) in [5, 5.41) is 2.35. The van der Waals surface area contributed by atoms with Crippen molar-refractivity contribution in [1.29, 1.82) is 0 Å². The number of carbonyl (C=O) groups is 1. The van der Waals surface area contributed by atoms with Gasteiger partial charge in [0.05, 0.1) is 18.2 Å². The molecule has 0 radical (unpaired) electrons. The molecule has 2 aromatic carbocycles. The summed E-state index contributed by atoms with van der Waals surface area (Å²) < 4.78 is 6.30. The third kappa shape index (κ3) is 1.61. The Morgan fingerprint density at radius 3 is 2.35 bits per heavy atom. The first-order chi connectivity index (χ1) is 9.65. The van der Waals surface area contributed by atoms with Gasteiger partial charge in [-0.3, -0.25) is 4.79 Å². The molecule has 0 bridgehead atoms. The zero-order valence-electron chi connectivity index (χ0n) is 11.2. The Bertz CT molecular complexity index is 893. The van der Waals surface area contributed by atoms with Gasteiger partial charge in [0.15, 0.2) is 0 Å². The number of fused-ring (bicyclic) bond motifs is 3. The molecule has 0 fully saturated rings. The molecule has 0 aliphatic heterocycles. The van der Waals surface area contributed by atoms with Crippen LogP contribution in [0.25, 0.3) is 21.7 Å². The summed E-state index contributed by atoms with van der Waals surface area (Å²) in [7, 11) is 3.00. The van der Waals surface area contributed by atoms with E-state index in [9.17, 15) is 9.59 Å². The standard InChI is InChI=1S/C16H13NO3/c1-17-14-11(8-5-9-13(14)16(19)20-2)10-6-3-4-7-12(10)15(17)18/h3-9H,1-2H3. The number of methoxy groups -OCH3 is 1. The minimum Gasteiger partial charge on any atom is -0.465 e. The zero-order valence-corrected chi connectivity index (χ0v) is 11.2. The van der Waals surface area contributed by atoms with E-state index >= 15 is 0 Å². The zero-order chi connectivity index (χ0) is 14.3. The van der Waals surface area contributed by atoms with E-state index in [1.165, 1.54) is 11.7 Å². The van der Waals surface area contributed by atoms with E-state index in [2.05, 4.69) is 0 Å². The van der Waals surface area contributed by atoms with Crippen LogP contribution in [0.3, 0.4) is 0 Å². The number of benzene rings is 2. The predicted molar refractivity (Wildman–Crippen MR) is 78.0 cm³/mol. The fraction of sp³-hybridized carbons (Fsp3) is 0.125. The van der Waals surface area contributed by atoms with E-state index in [4.69, 9.17) is 4.74 Å². The molecule has 4 heteroatoms. The number of hydrogen-bond donors (Lipinski definition) is 0. The number of pyridine rings is 1. The van der Waals surface area contributed by atoms with Gasteiger partial charge in [-0.2, -0.15) is 0 Å². The molecule has 0 saturated heterocycles. The molecular formula is C16H13NO3. The molecule has 0 spiro atoms. The van der Waals surface area contributed by atoms with Gasteiger partial charge in [0.25, 0.3) is 5.56 Å². The van der Waals surface area contributed by atoms with Crippen molar-refractivity contribution in [2.75, 3.05) is 7.11 Å². The molecule has 0 unspecified atom stereocenters. The highest BCUT2D eigenvalue weighted by atomic mass is 16.5. The topological polar surface area (TPSA) is 48.3 Å². The Labute approximate surface area is 115 Å². The lowest BCUT2D eigenvalue weighted by molar-refractivity contribution is 0.0602. The molecule has 0 atom stereocenters. The number of esters is 1. The van der Waals surface area contributed by atoms with Crippen LogP contribution in [-0.2, 0) is 11.8 Å². The number of aryl methyl sites for hydroxylation is 1. The average molecular weight is 267 g/mol. The van der Waals surface area contributed by atoms with Crippen LogP contribution in [0.2, 0.25) is 0 Å². The van der Waals surface area contributed by atoms with Crippen molar-refractivity contribution in [3.8, 4) is 0 Å². The Morgan fingerprint density at radius 1 is 1.00 bits per heavy atom. The number of nitrogens with zero attached hydrogens (tertiary/aromatic N) is 1. The minimum absolute atomic E-state index is 0.121. The molecule has 0 amide bonds. The van der Waals surface area contributed by atoms with Crippen molar-refractivity contribution in [3.63, 3.8) is 0 Å². The van der Waals surface area contributed by atoms with Crippen LogP contribution in [0.4, 0.5) is 0 Å². The molecule has 1 heterocycles. The number of para-hydroxylation sites is 1. The number of carbonyl (C=O) groups excluding carboxylic acids is 1. The number of hydrogen-bond acceptors (Lipinski definition) is 3. The van der Waals surface area contributed by atoms with Crippen LogP contribution in [0, 0.1) is 0 Å². The van der Waals surface area contributed by atoms with Crippen LogP contribution in [0.15, 0.2) is 47.3 Å². The van der Waals surface area contributed by atoms with Crippen LogP contribution >= 0.6 is 0 Å². The Kier molecular flexibility index (Phi) is 2.79. The lowest BCUT2D eigenvalue weighted by Crippen LogP contribution is -2.19. The number of aromatic nitrogens is 1. The third-order valence-corrected chi connectivity index (χ3v) is 3.53. The molecule has 20 heavy (non-hydrogen) atoms. The Balaban J connectivity index is 2.61. The highest BCUT2D eigenvalue weighted by molar-refractivity contribution is 6.12. The smallest absolute Gasteiger partial charge is 0.340 e. The fourth-order valence-electron chi connectivity index (χ4n) is 2.58. The average Bonchev–Trinajstić information content (AvgIpc) is 2.51. The summed E-state index contributed by atoms with van der Waals surface area (Å²) in [6, 6.07) is 12.8. The van der Waals surface area contributed by atoms with Crippen LogP contribution in [-0.4, -0.2) is 17.6 Å². The van der Waals surface area contributed by atoms with E-state index in [-0.39, 0.29) is 5.56 Å². The molecule has 0 aliphatic rings. The van der Waals surface area contributed by atoms with E-state index in [1.807, 2.05) is 24.3 Å². The second-order valence-corrected chi connectivity index (χ2v) is 4.60. The second kappa shape index (κ2) is 4.49. The van der Waals surface area contributed by atoms with E-state index in [0.29, 0.717) is 16.5 Å². The number of rotatable bonds is 1. The molecule has 3 rings (SSSR count). The SMILES string of the molecule is COC(=O)c1cccc2c3ccccc3c(=O)n(C)c12. The summed E-state index contributed by atoms with van der Waals surface area (Å²) >= 11 is 0. The fourth-order valence-corrected chi connectivity index (χ4v) is 2.58. The molecule has 0 saturated carbocycles. The van der Waals surface area contributed by atoms with Gasteiger partial charge >= 0.3 is 5.97 Å². The highest BCUT2D eigenvalue weighted by Gasteiger charge is 2.15. The first kappa shape index (κ1) is 12.4. The van der Waals surface area contributed by atoms with Crippen molar-refractivity contribution in [3.05, 3.63) is 58.4 Å². The van der Waals surface area contributed by atoms with Gasteiger partial charge in [-0.25, -0.2) is 4.79 Å². The summed E-state index contributed by atoms with van der Waals surface area (Å²) in [5.74, 6) is -0.444. The van der Waals surface area contributed by atoms with Gasteiger partial charge < -0.3 is 9.30 Å². The predicted octanol–water partition coefficient (Wildman–Crippen LogP) is 2.48. The maximum atomic E-state index is 12.4. The maximum absolute atomic E-state index is 12.4. The molecule has 100 valence electrons. The van der Waals surface area contributed by atoms with Crippen LogP contribution in [0.5, 0.6) is 0 Å². The first-order valence-electron chi connectivity index (χ1n) is 6.24. The largest absolute Gasteiger partial charge is 0.465 e. The van der Waals surface area contributed by atoms with Gasteiger partial charge in [0.1, 0.15) is 0 Å².